The molecule has 4 rings (SSSR count). The van der Waals surface area contributed by atoms with E-state index in [-0.39, 0.29) is 11.4 Å². The van der Waals surface area contributed by atoms with E-state index in [1.165, 1.54) is 11.8 Å². The fourth-order valence-corrected chi connectivity index (χ4v) is 5.37. The first-order chi connectivity index (χ1) is 18.1. The molecule has 4 atom stereocenters. The molecule has 0 radical (unpaired) electrons. The maximum atomic E-state index is 10.9. The van der Waals surface area contributed by atoms with Crippen molar-refractivity contribution in [1.29, 1.82) is 0 Å². The highest BCUT2D eigenvalue weighted by Crippen LogP contribution is 2.38. The second-order valence-corrected chi connectivity index (χ2v) is 10.0. The van der Waals surface area contributed by atoms with E-state index >= 15 is 0 Å². The summed E-state index contributed by atoms with van der Waals surface area (Å²) in [5, 5.41) is 10.8. The molecule has 1 saturated heterocycles. The fourth-order valence-electron chi connectivity index (χ4n) is 4.06. The SMILES string of the molecule is COc1ccc(COC[C@H]2SC(O)[C@@H](OCc3ccc(OC)cc3)[C@@H]2OCc2ccc(OC)cc2)cc1. The fraction of sp³-hybridized carbons (Fsp3) is 0.379. The first kappa shape index (κ1) is 27.3. The van der Waals surface area contributed by atoms with Gasteiger partial charge >= 0.3 is 0 Å². The van der Waals surface area contributed by atoms with Crippen LogP contribution in [0.3, 0.4) is 0 Å². The van der Waals surface area contributed by atoms with Gasteiger partial charge in [-0.2, -0.15) is 0 Å². The average Bonchev–Trinajstić information content (AvgIpc) is 3.25. The van der Waals surface area contributed by atoms with Crippen molar-refractivity contribution in [2.24, 2.45) is 0 Å². The third-order valence-corrected chi connectivity index (χ3v) is 7.50. The van der Waals surface area contributed by atoms with Crippen molar-refractivity contribution in [3.8, 4) is 17.2 Å². The summed E-state index contributed by atoms with van der Waals surface area (Å²) in [6.07, 6.45) is -0.851. The summed E-state index contributed by atoms with van der Waals surface area (Å²) < 4.78 is 34.3. The molecule has 1 aliphatic heterocycles. The van der Waals surface area contributed by atoms with Crippen LogP contribution in [-0.2, 0) is 34.0 Å². The summed E-state index contributed by atoms with van der Waals surface area (Å²) in [5.41, 5.74) is 2.33. The highest BCUT2D eigenvalue weighted by molar-refractivity contribution is 8.00. The zero-order chi connectivity index (χ0) is 26.0. The van der Waals surface area contributed by atoms with E-state index in [0.717, 1.165) is 33.9 Å². The summed E-state index contributed by atoms with van der Waals surface area (Å²) in [6.45, 7) is 1.62. The number of benzene rings is 3. The Labute approximate surface area is 222 Å². The van der Waals surface area contributed by atoms with Crippen LogP contribution in [0.25, 0.3) is 0 Å². The molecule has 37 heavy (non-hydrogen) atoms. The third-order valence-electron chi connectivity index (χ3n) is 6.20. The maximum Gasteiger partial charge on any atom is 0.128 e. The number of hydrogen-bond donors (Lipinski definition) is 1. The maximum absolute atomic E-state index is 10.9. The highest BCUT2D eigenvalue weighted by atomic mass is 32.2. The second kappa shape index (κ2) is 13.7. The molecule has 1 N–H and O–H groups in total. The van der Waals surface area contributed by atoms with E-state index in [4.69, 9.17) is 28.4 Å². The molecule has 0 aromatic heterocycles. The molecular formula is C29H34O7S. The number of thioether (sulfide) groups is 1. The monoisotopic (exact) mass is 526 g/mol. The number of aliphatic hydroxyl groups is 1. The normalized spacial score (nSPS) is 21.1. The van der Waals surface area contributed by atoms with Gasteiger partial charge in [0.05, 0.1) is 53.0 Å². The van der Waals surface area contributed by atoms with Crippen LogP contribution < -0.4 is 14.2 Å². The van der Waals surface area contributed by atoms with Gasteiger partial charge in [0.2, 0.25) is 0 Å². The lowest BCUT2D eigenvalue weighted by Crippen LogP contribution is -2.39. The van der Waals surface area contributed by atoms with Crippen LogP contribution in [0.2, 0.25) is 0 Å². The van der Waals surface area contributed by atoms with Crippen LogP contribution in [0.15, 0.2) is 72.8 Å². The summed E-state index contributed by atoms with van der Waals surface area (Å²) in [6, 6.07) is 23.2. The zero-order valence-electron chi connectivity index (χ0n) is 21.4. The van der Waals surface area contributed by atoms with Crippen LogP contribution in [0.5, 0.6) is 17.2 Å². The van der Waals surface area contributed by atoms with Gasteiger partial charge in [-0.15, -0.1) is 11.8 Å². The van der Waals surface area contributed by atoms with Gasteiger partial charge in [0, 0.05) is 0 Å². The van der Waals surface area contributed by atoms with Crippen LogP contribution >= 0.6 is 11.8 Å². The molecule has 1 heterocycles. The minimum atomic E-state index is -0.728. The third kappa shape index (κ3) is 7.63. The minimum absolute atomic E-state index is 0.0904. The molecule has 0 aliphatic carbocycles. The number of methoxy groups -OCH3 is 3. The lowest BCUT2D eigenvalue weighted by molar-refractivity contribution is -0.107. The molecule has 1 unspecified atom stereocenters. The van der Waals surface area contributed by atoms with Crippen molar-refractivity contribution in [2.75, 3.05) is 27.9 Å². The summed E-state index contributed by atoms with van der Waals surface area (Å²) in [4.78, 5) is 0. The molecule has 3 aromatic rings. The number of rotatable bonds is 13. The van der Waals surface area contributed by atoms with Crippen LogP contribution in [0, 0.1) is 0 Å². The Morgan fingerprint density at radius 3 is 1.43 bits per heavy atom. The van der Waals surface area contributed by atoms with Gasteiger partial charge in [0.15, 0.2) is 0 Å². The number of ether oxygens (including phenoxy) is 6. The van der Waals surface area contributed by atoms with Crippen molar-refractivity contribution >= 4 is 11.8 Å². The van der Waals surface area contributed by atoms with Crippen molar-refractivity contribution in [2.45, 2.75) is 42.7 Å². The quantitative estimate of drug-likeness (QED) is 0.339. The van der Waals surface area contributed by atoms with Gasteiger partial charge in [-0.1, -0.05) is 36.4 Å². The lowest BCUT2D eigenvalue weighted by Gasteiger charge is -2.25. The molecule has 0 amide bonds. The number of hydrogen-bond acceptors (Lipinski definition) is 8. The molecule has 0 bridgehead atoms. The van der Waals surface area contributed by atoms with E-state index < -0.39 is 11.5 Å². The van der Waals surface area contributed by atoms with Gasteiger partial charge in [0.25, 0.3) is 0 Å². The van der Waals surface area contributed by atoms with Crippen molar-refractivity contribution in [3.05, 3.63) is 89.5 Å². The van der Waals surface area contributed by atoms with Gasteiger partial charge in [-0.25, -0.2) is 0 Å². The first-order valence-corrected chi connectivity index (χ1v) is 13.1. The molecule has 1 aliphatic rings. The van der Waals surface area contributed by atoms with Crippen molar-refractivity contribution < 1.29 is 33.5 Å². The Hall–Kier alpha value is -2.75. The van der Waals surface area contributed by atoms with Crippen molar-refractivity contribution in [3.63, 3.8) is 0 Å². The molecule has 0 saturated carbocycles. The van der Waals surface area contributed by atoms with E-state index in [0.29, 0.717) is 26.4 Å². The largest absolute Gasteiger partial charge is 0.497 e. The van der Waals surface area contributed by atoms with Crippen LogP contribution in [0.4, 0.5) is 0 Å². The Morgan fingerprint density at radius 1 is 0.595 bits per heavy atom. The van der Waals surface area contributed by atoms with Gasteiger partial charge in [-0.05, 0) is 53.1 Å². The van der Waals surface area contributed by atoms with Crippen molar-refractivity contribution in [1.82, 2.24) is 0 Å². The lowest BCUT2D eigenvalue weighted by atomic mass is 10.1. The van der Waals surface area contributed by atoms with E-state index in [1.54, 1.807) is 21.3 Å². The predicted octanol–water partition coefficient (Wildman–Crippen LogP) is 4.83. The van der Waals surface area contributed by atoms with E-state index in [1.807, 2.05) is 72.8 Å². The Kier molecular flexibility index (Phi) is 10.1. The minimum Gasteiger partial charge on any atom is -0.497 e. The van der Waals surface area contributed by atoms with Crippen LogP contribution in [-0.4, -0.2) is 55.9 Å². The highest BCUT2D eigenvalue weighted by Gasteiger charge is 2.45. The van der Waals surface area contributed by atoms with Gasteiger partial charge < -0.3 is 33.5 Å². The Bertz CT molecular complexity index is 1070. The number of aliphatic hydroxyl groups excluding tert-OH is 1. The Morgan fingerprint density at radius 2 is 1.00 bits per heavy atom. The molecule has 3 aromatic carbocycles. The molecule has 198 valence electrons. The second-order valence-electron chi connectivity index (χ2n) is 8.68. The summed E-state index contributed by atoms with van der Waals surface area (Å²) in [5.74, 6) is 2.39. The molecule has 7 nitrogen and oxygen atoms in total. The van der Waals surface area contributed by atoms with Gasteiger partial charge in [-0.3, -0.25) is 0 Å². The average molecular weight is 527 g/mol. The topological polar surface area (TPSA) is 75.6 Å². The van der Waals surface area contributed by atoms with Crippen LogP contribution in [0.1, 0.15) is 16.7 Å². The smallest absolute Gasteiger partial charge is 0.128 e. The summed E-state index contributed by atoms with van der Waals surface area (Å²) in [7, 11) is 4.93. The Balaban J connectivity index is 1.39. The summed E-state index contributed by atoms with van der Waals surface area (Å²) >= 11 is 1.43. The molecule has 8 heteroatoms. The van der Waals surface area contributed by atoms with Gasteiger partial charge in [0.1, 0.15) is 34.9 Å². The van der Waals surface area contributed by atoms with E-state index in [2.05, 4.69) is 0 Å². The molecular weight excluding hydrogens is 492 g/mol. The standard InChI is InChI=1S/C29H34O7S/c1-31-23-10-4-20(5-11-23)16-34-19-26-27(35-17-21-6-12-24(32-2)13-7-21)28(29(30)37-26)36-18-22-8-14-25(33-3)15-9-22/h4-15,26-30H,16-19H2,1-3H3/t26-,27-,28+,29?/m1/s1. The van der Waals surface area contributed by atoms with E-state index in [9.17, 15) is 5.11 Å². The zero-order valence-corrected chi connectivity index (χ0v) is 22.2. The molecule has 1 fully saturated rings. The molecule has 0 spiro atoms. The first-order valence-electron chi connectivity index (χ1n) is 12.1. The predicted molar refractivity (Wildman–Crippen MR) is 143 cm³/mol.